The molecule has 5 nitrogen and oxygen atoms in total. The molecule has 0 spiro atoms. The number of benzene rings is 1. The summed E-state index contributed by atoms with van der Waals surface area (Å²) in [5, 5.41) is 12.8. The molecule has 1 amide bonds. The molecule has 1 atom stereocenters. The number of aromatic nitrogens is 1. The highest BCUT2D eigenvalue weighted by atomic mass is 16.3. The van der Waals surface area contributed by atoms with Gasteiger partial charge in [0.2, 0.25) is 5.91 Å². The third-order valence-electron chi connectivity index (χ3n) is 3.23. The number of nitrogens with two attached hydrogens (primary N) is 1. The zero-order valence-electron chi connectivity index (χ0n) is 11.5. The number of rotatable bonds is 5. The quantitative estimate of drug-likeness (QED) is 0.715. The predicted molar refractivity (Wildman–Crippen MR) is 79.2 cm³/mol. The number of aliphatic hydroxyl groups excluding tert-OH is 1. The Morgan fingerprint density at radius 1 is 1.40 bits per heavy atom. The van der Waals surface area contributed by atoms with Crippen molar-refractivity contribution in [2.75, 3.05) is 12.3 Å². The number of carbonyl (C=O) groups is 1. The highest BCUT2D eigenvalue weighted by Crippen LogP contribution is 2.18. The van der Waals surface area contributed by atoms with Crippen molar-refractivity contribution in [3.05, 3.63) is 36.0 Å². The van der Waals surface area contributed by atoms with E-state index in [9.17, 15) is 4.79 Å². The summed E-state index contributed by atoms with van der Waals surface area (Å²) in [6, 6.07) is 9.12. The van der Waals surface area contributed by atoms with Crippen LogP contribution in [0.2, 0.25) is 0 Å². The van der Waals surface area contributed by atoms with Crippen LogP contribution >= 0.6 is 0 Å². The van der Waals surface area contributed by atoms with E-state index in [2.05, 4.69) is 10.3 Å². The molecule has 0 aliphatic heterocycles. The molecule has 1 aromatic carbocycles. The number of hydrogen-bond acceptors (Lipinski definition) is 4. The minimum Gasteiger partial charge on any atom is -0.397 e. The van der Waals surface area contributed by atoms with Crippen molar-refractivity contribution in [2.45, 2.75) is 25.8 Å². The third-order valence-corrected chi connectivity index (χ3v) is 3.23. The van der Waals surface area contributed by atoms with Gasteiger partial charge in [-0.3, -0.25) is 9.78 Å². The topological polar surface area (TPSA) is 88.2 Å². The van der Waals surface area contributed by atoms with Gasteiger partial charge in [-0.15, -0.1) is 0 Å². The number of pyridine rings is 1. The van der Waals surface area contributed by atoms with Crippen molar-refractivity contribution >= 4 is 22.5 Å². The van der Waals surface area contributed by atoms with Gasteiger partial charge in [0, 0.05) is 5.39 Å². The van der Waals surface area contributed by atoms with Crippen LogP contribution in [0.3, 0.4) is 0 Å². The van der Waals surface area contributed by atoms with Crippen LogP contribution < -0.4 is 11.1 Å². The Balaban J connectivity index is 2.14. The van der Waals surface area contributed by atoms with Gasteiger partial charge in [-0.25, -0.2) is 0 Å². The molecule has 0 radical (unpaired) electrons. The first-order valence-corrected chi connectivity index (χ1v) is 6.68. The molecule has 0 aliphatic rings. The number of nitrogen functional groups attached to an aromatic ring is 1. The maximum atomic E-state index is 11.9. The average molecular weight is 273 g/mol. The number of nitrogens with one attached hydrogen (secondary N) is 1. The van der Waals surface area contributed by atoms with E-state index in [1.807, 2.05) is 31.2 Å². The summed E-state index contributed by atoms with van der Waals surface area (Å²) in [6.45, 7) is 1.86. The smallest absolute Gasteiger partial charge is 0.226 e. The Hall–Kier alpha value is -2.14. The fourth-order valence-corrected chi connectivity index (χ4v) is 2.03. The number of nitrogens with zero attached hydrogens (tertiary/aromatic N) is 1. The van der Waals surface area contributed by atoms with Crippen LogP contribution in [0.1, 0.15) is 19.0 Å². The van der Waals surface area contributed by atoms with Crippen LogP contribution in [0.15, 0.2) is 30.3 Å². The Morgan fingerprint density at radius 3 is 2.90 bits per heavy atom. The standard InChI is InChI=1S/C15H19N3O2/c1-2-11(9-19)17-14(20)8-12-7-6-10-4-3-5-13(16)15(10)18-12/h3-7,11,19H,2,8-9,16H2,1H3,(H,17,20). The molecule has 1 unspecified atom stereocenters. The van der Waals surface area contributed by atoms with Crippen molar-refractivity contribution in [1.29, 1.82) is 0 Å². The first-order valence-electron chi connectivity index (χ1n) is 6.68. The summed E-state index contributed by atoms with van der Waals surface area (Å²) in [5.74, 6) is -0.146. The van der Waals surface area contributed by atoms with Crippen LogP contribution in [0.5, 0.6) is 0 Å². The molecule has 1 heterocycles. The molecule has 0 fully saturated rings. The van der Waals surface area contributed by atoms with Crippen molar-refractivity contribution in [3.63, 3.8) is 0 Å². The van der Waals surface area contributed by atoms with Crippen LogP contribution in [-0.2, 0) is 11.2 Å². The molecule has 5 heteroatoms. The Morgan fingerprint density at radius 2 is 2.20 bits per heavy atom. The fraction of sp³-hybridized carbons (Fsp3) is 0.333. The number of aliphatic hydroxyl groups is 1. The third kappa shape index (κ3) is 3.24. The molecule has 20 heavy (non-hydrogen) atoms. The van der Waals surface area contributed by atoms with Gasteiger partial charge < -0.3 is 16.2 Å². The predicted octanol–water partition coefficient (Wildman–Crippen LogP) is 1.25. The average Bonchev–Trinajstić information content (AvgIpc) is 2.45. The van der Waals surface area contributed by atoms with Gasteiger partial charge in [-0.2, -0.15) is 0 Å². The summed E-state index contributed by atoms with van der Waals surface area (Å²) in [6.07, 6.45) is 0.876. The van der Waals surface area contributed by atoms with E-state index in [-0.39, 0.29) is 25.0 Å². The van der Waals surface area contributed by atoms with Crippen molar-refractivity contribution in [2.24, 2.45) is 0 Å². The molecular weight excluding hydrogens is 254 g/mol. The van der Waals surface area contributed by atoms with Gasteiger partial charge in [0.15, 0.2) is 0 Å². The van der Waals surface area contributed by atoms with Crippen LogP contribution in [-0.4, -0.2) is 28.6 Å². The van der Waals surface area contributed by atoms with Crippen molar-refractivity contribution < 1.29 is 9.90 Å². The zero-order valence-corrected chi connectivity index (χ0v) is 11.5. The lowest BCUT2D eigenvalue weighted by Gasteiger charge is -2.13. The monoisotopic (exact) mass is 273 g/mol. The van der Waals surface area contributed by atoms with Gasteiger partial charge in [0.05, 0.1) is 36.0 Å². The number of para-hydroxylation sites is 1. The van der Waals surface area contributed by atoms with E-state index >= 15 is 0 Å². The lowest BCUT2D eigenvalue weighted by atomic mass is 10.1. The van der Waals surface area contributed by atoms with Gasteiger partial charge in [0.25, 0.3) is 0 Å². The zero-order chi connectivity index (χ0) is 14.5. The fourth-order valence-electron chi connectivity index (χ4n) is 2.03. The molecule has 1 aromatic heterocycles. The largest absolute Gasteiger partial charge is 0.397 e. The molecule has 0 saturated heterocycles. The summed E-state index contributed by atoms with van der Waals surface area (Å²) in [7, 11) is 0. The SMILES string of the molecule is CCC(CO)NC(=O)Cc1ccc2cccc(N)c2n1. The molecular formula is C15H19N3O2. The van der Waals surface area contributed by atoms with Gasteiger partial charge in [-0.05, 0) is 18.6 Å². The molecule has 106 valence electrons. The Labute approximate surface area is 117 Å². The van der Waals surface area contributed by atoms with E-state index in [4.69, 9.17) is 10.8 Å². The summed E-state index contributed by atoms with van der Waals surface area (Å²) in [5.41, 5.74) is 7.87. The summed E-state index contributed by atoms with van der Waals surface area (Å²) >= 11 is 0. The minimum absolute atomic E-state index is 0.0552. The normalized spacial score (nSPS) is 12.3. The molecule has 0 aliphatic carbocycles. The molecule has 4 N–H and O–H groups in total. The minimum atomic E-state index is -0.201. The Kier molecular flexibility index (Phi) is 4.53. The highest BCUT2D eigenvalue weighted by Gasteiger charge is 2.11. The van der Waals surface area contributed by atoms with Crippen LogP contribution in [0.4, 0.5) is 5.69 Å². The maximum absolute atomic E-state index is 11.9. The molecule has 2 rings (SSSR count). The first kappa shape index (κ1) is 14.3. The van der Waals surface area contributed by atoms with E-state index < -0.39 is 0 Å². The van der Waals surface area contributed by atoms with Crippen LogP contribution in [0, 0.1) is 0 Å². The second-order valence-corrected chi connectivity index (χ2v) is 4.75. The molecule has 0 saturated carbocycles. The van der Waals surface area contributed by atoms with E-state index in [0.29, 0.717) is 23.3 Å². The maximum Gasteiger partial charge on any atom is 0.226 e. The van der Waals surface area contributed by atoms with Gasteiger partial charge in [0.1, 0.15) is 0 Å². The van der Waals surface area contributed by atoms with E-state index in [1.54, 1.807) is 6.07 Å². The molecule has 2 aromatic rings. The lowest BCUT2D eigenvalue weighted by Crippen LogP contribution is -2.37. The highest BCUT2D eigenvalue weighted by molar-refractivity contribution is 5.89. The first-order chi connectivity index (χ1) is 9.63. The number of fused-ring (bicyclic) bond motifs is 1. The second kappa shape index (κ2) is 6.34. The Bertz CT molecular complexity index is 609. The number of hydrogen-bond donors (Lipinski definition) is 3. The van der Waals surface area contributed by atoms with Crippen LogP contribution in [0.25, 0.3) is 10.9 Å². The van der Waals surface area contributed by atoms with Gasteiger partial charge >= 0.3 is 0 Å². The summed E-state index contributed by atoms with van der Waals surface area (Å²) in [4.78, 5) is 16.3. The van der Waals surface area contributed by atoms with Gasteiger partial charge in [-0.1, -0.05) is 25.1 Å². The number of anilines is 1. The number of amides is 1. The van der Waals surface area contributed by atoms with Crippen molar-refractivity contribution in [3.8, 4) is 0 Å². The molecule has 0 bridgehead atoms. The van der Waals surface area contributed by atoms with E-state index in [1.165, 1.54) is 0 Å². The van der Waals surface area contributed by atoms with Crippen molar-refractivity contribution in [1.82, 2.24) is 10.3 Å². The number of carbonyl (C=O) groups excluding carboxylic acids is 1. The second-order valence-electron chi connectivity index (χ2n) is 4.75. The lowest BCUT2D eigenvalue weighted by molar-refractivity contribution is -0.121. The van der Waals surface area contributed by atoms with E-state index in [0.717, 1.165) is 5.39 Å². The summed E-state index contributed by atoms with van der Waals surface area (Å²) < 4.78 is 0.